The predicted molar refractivity (Wildman–Crippen MR) is 38.8 cm³/mol. The van der Waals surface area contributed by atoms with Crippen LogP contribution in [0.2, 0.25) is 0 Å². The van der Waals surface area contributed by atoms with Gasteiger partial charge in [-0.2, -0.15) is 0 Å². The minimum atomic E-state index is -0.870. The lowest BCUT2D eigenvalue weighted by atomic mass is 10.6. The van der Waals surface area contributed by atoms with Crippen LogP contribution in [0.5, 0.6) is 0 Å². The molecule has 0 aliphatic heterocycles. The first-order valence-corrected chi connectivity index (χ1v) is 3.30. The minimum Gasteiger partial charge on any atom is -0.430 e. The monoisotopic (exact) mass is 160 g/mol. The van der Waals surface area contributed by atoms with Gasteiger partial charge in [-0.15, -0.1) is 0 Å². The molecule has 1 N–H and O–H groups in total. The van der Waals surface area contributed by atoms with Crippen molar-refractivity contribution < 1.29 is 19.4 Å². The van der Waals surface area contributed by atoms with Gasteiger partial charge in [0.1, 0.15) is 6.61 Å². The first-order chi connectivity index (χ1) is 5.24. The number of aliphatic hydroxyl groups is 1. The van der Waals surface area contributed by atoms with Gasteiger partial charge in [0.15, 0.2) is 0 Å². The molecule has 0 radical (unpaired) electrons. The zero-order valence-corrected chi connectivity index (χ0v) is 6.45. The Kier molecular flexibility index (Phi) is 5.42. The van der Waals surface area contributed by atoms with Crippen molar-refractivity contribution in [2.45, 2.75) is 13.2 Å². The average molecular weight is 160 g/mol. The van der Waals surface area contributed by atoms with Gasteiger partial charge in [-0.3, -0.25) is 0 Å². The highest BCUT2D eigenvalue weighted by molar-refractivity contribution is 5.81. The van der Waals surface area contributed by atoms with Crippen molar-refractivity contribution in [2.75, 3.05) is 13.2 Å². The molecule has 0 rings (SSSR count). The quantitative estimate of drug-likeness (QED) is 0.351. The number of rotatable bonds is 5. The molecule has 0 spiro atoms. The summed E-state index contributed by atoms with van der Waals surface area (Å²) in [4.78, 5) is 10.5. The molecule has 11 heavy (non-hydrogen) atoms. The maximum absolute atomic E-state index is 10.5. The average Bonchev–Trinajstić information content (AvgIpc) is 2.03. The van der Waals surface area contributed by atoms with Crippen molar-refractivity contribution in [2.24, 2.45) is 0 Å². The van der Waals surface area contributed by atoms with Gasteiger partial charge in [0.25, 0.3) is 0 Å². The number of aliphatic hydroxyl groups excluding tert-OH is 1. The van der Waals surface area contributed by atoms with E-state index in [1.807, 2.05) is 0 Å². The molecule has 1 unspecified atom stereocenters. The maximum Gasteiger partial charge on any atom is 0.332 e. The standard InChI is InChI=1S/C7H12O4/c1-3-6(9)11-7(5-8)10-4-2/h3,7-8H,1,4-5H2,2H3. The molecule has 0 saturated heterocycles. The predicted octanol–water partition coefficient (Wildman–Crippen LogP) is 0.0705. The van der Waals surface area contributed by atoms with Crippen LogP contribution >= 0.6 is 0 Å². The van der Waals surface area contributed by atoms with E-state index >= 15 is 0 Å². The molecule has 0 bridgehead atoms. The molecule has 1 atom stereocenters. The minimum absolute atomic E-state index is 0.340. The Labute approximate surface area is 65.4 Å². The van der Waals surface area contributed by atoms with E-state index in [4.69, 9.17) is 9.84 Å². The van der Waals surface area contributed by atoms with Crippen LogP contribution in [0.25, 0.3) is 0 Å². The number of esters is 1. The van der Waals surface area contributed by atoms with E-state index in [2.05, 4.69) is 11.3 Å². The van der Waals surface area contributed by atoms with E-state index in [1.54, 1.807) is 6.92 Å². The van der Waals surface area contributed by atoms with Gasteiger partial charge in [0, 0.05) is 12.7 Å². The Balaban J connectivity index is 3.67. The molecule has 0 saturated carbocycles. The number of ether oxygens (including phenoxy) is 2. The van der Waals surface area contributed by atoms with Gasteiger partial charge in [0.05, 0.1) is 0 Å². The van der Waals surface area contributed by atoms with Crippen molar-refractivity contribution in [1.82, 2.24) is 0 Å². The van der Waals surface area contributed by atoms with Crippen LogP contribution < -0.4 is 0 Å². The lowest BCUT2D eigenvalue weighted by Gasteiger charge is -2.13. The van der Waals surface area contributed by atoms with Crippen LogP contribution in [0.3, 0.4) is 0 Å². The van der Waals surface area contributed by atoms with E-state index in [0.717, 1.165) is 6.08 Å². The molecule has 4 nitrogen and oxygen atoms in total. The molecule has 0 heterocycles. The summed E-state index contributed by atoms with van der Waals surface area (Å²) in [5, 5.41) is 8.57. The van der Waals surface area contributed by atoms with Gasteiger partial charge >= 0.3 is 5.97 Å². The normalized spacial score (nSPS) is 12.2. The number of hydrogen-bond donors (Lipinski definition) is 1. The van der Waals surface area contributed by atoms with E-state index in [-0.39, 0.29) is 6.61 Å². The van der Waals surface area contributed by atoms with Crippen LogP contribution in [0.4, 0.5) is 0 Å². The third-order valence-corrected chi connectivity index (χ3v) is 0.916. The topological polar surface area (TPSA) is 55.8 Å². The Morgan fingerprint density at radius 1 is 1.82 bits per heavy atom. The highest BCUT2D eigenvalue weighted by atomic mass is 16.7. The maximum atomic E-state index is 10.5. The van der Waals surface area contributed by atoms with Crippen molar-refractivity contribution >= 4 is 5.97 Å². The second kappa shape index (κ2) is 5.88. The summed E-state index contributed by atoms with van der Waals surface area (Å²) in [5.41, 5.74) is 0. The van der Waals surface area contributed by atoms with E-state index in [0.29, 0.717) is 6.61 Å². The summed E-state index contributed by atoms with van der Waals surface area (Å²) < 4.78 is 9.38. The SMILES string of the molecule is C=CC(=O)OC(CO)OCC. The summed E-state index contributed by atoms with van der Waals surface area (Å²) in [7, 11) is 0. The van der Waals surface area contributed by atoms with Crippen molar-refractivity contribution in [3.8, 4) is 0 Å². The zero-order valence-electron chi connectivity index (χ0n) is 6.45. The molecule has 0 aromatic rings. The third-order valence-electron chi connectivity index (χ3n) is 0.916. The number of carbonyl (C=O) groups excluding carboxylic acids is 1. The second-order valence-electron chi connectivity index (χ2n) is 1.71. The molecule has 4 heteroatoms. The van der Waals surface area contributed by atoms with Gasteiger partial charge in [0.2, 0.25) is 6.29 Å². The van der Waals surface area contributed by atoms with Crippen molar-refractivity contribution in [3.05, 3.63) is 12.7 Å². The Hall–Kier alpha value is -0.870. The van der Waals surface area contributed by atoms with Gasteiger partial charge in [-0.25, -0.2) is 4.79 Å². The molecule has 0 amide bonds. The molecular formula is C7H12O4. The van der Waals surface area contributed by atoms with Crippen LogP contribution in [0, 0.1) is 0 Å². The summed E-state index contributed by atoms with van der Waals surface area (Å²) in [6.07, 6.45) is 0.146. The fraction of sp³-hybridized carbons (Fsp3) is 0.571. The lowest BCUT2D eigenvalue weighted by molar-refractivity contribution is -0.180. The Morgan fingerprint density at radius 3 is 2.82 bits per heavy atom. The van der Waals surface area contributed by atoms with Crippen molar-refractivity contribution in [3.63, 3.8) is 0 Å². The fourth-order valence-corrected chi connectivity index (χ4v) is 0.488. The van der Waals surface area contributed by atoms with Gasteiger partial charge in [-0.05, 0) is 6.92 Å². The molecule has 0 aliphatic carbocycles. The lowest BCUT2D eigenvalue weighted by Crippen LogP contribution is -2.24. The smallest absolute Gasteiger partial charge is 0.332 e. The van der Waals surface area contributed by atoms with Gasteiger partial charge in [-0.1, -0.05) is 6.58 Å². The van der Waals surface area contributed by atoms with E-state index in [9.17, 15) is 4.79 Å². The van der Waals surface area contributed by atoms with Crippen LogP contribution in [-0.2, 0) is 14.3 Å². The molecule has 0 aliphatic rings. The molecule has 64 valence electrons. The van der Waals surface area contributed by atoms with Crippen LogP contribution in [0.15, 0.2) is 12.7 Å². The fourth-order valence-electron chi connectivity index (χ4n) is 0.488. The highest BCUT2D eigenvalue weighted by Gasteiger charge is 2.09. The van der Waals surface area contributed by atoms with Crippen molar-refractivity contribution in [1.29, 1.82) is 0 Å². The summed E-state index contributed by atoms with van der Waals surface area (Å²) in [6.45, 7) is 4.98. The largest absolute Gasteiger partial charge is 0.430 e. The Bertz CT molecular complexity index is 132. The summed E-state index contributed by atoms with van der Waals surface area (Å²) in [5.74, 6) is -0.600. The molecular weight excluding hydrogens is 148 g/mol. The second-order valence-corrected chi connectivity index (χ2v) is 1.71. The van der Waals surface area contributed by atoms with E-state index in [1.165, 1.54) is 0 Å². The first-order valence-electron chi connectivity index (χ1n) is 3.30. The summed E-state index contributed by atoms with van der Waals surface area (Å²) in [6, 6.07) is 0. The van der Waals surface area contributed by atoms with Gasteiger partial charge < -0.3 is 14.6 Å². The first kappa shape index (κ1) is 10.1. The molecule has 0 aromatic heterocycles. The molecule has 0 aromatic carbocycles. The molecule has 0 fully saturated rings. The Morgan fingerprint density at radius 2 is 2.45 bits per heavy atom. The zero-order chi connectivity index (χ0) is 8.69. The highest BCUT2D eigenvalue weighted by Crippen LogP contribution is 1.94. The van der Waals surface area contributed by atoms with Crippen LogP contribution in [0.1, 0.15) is 6.92 Å². The summed E-state index contributed by atoms with van der Waals surface area (Å²) >= 11 is 0. The van der Waals surface area contributed by atoms with Crippen LogP contribution in [-0.4, -0.2) is 30.6 Å². The number of carbonyl (C=O) groups is 1. The van der Waals surface area contributed by atoms with E-state index < -0.39 is 12.3 Å². The number of hydrogen-bond acceptors (Lipinski definition) is 4. The third kappa shape index (κ3) is 4.52.